The molecule has 35 heavy (non-hydrogen) atoms. The van der Waals surface area contributed by atoms with Crippen molar-refractivity contribution in [3.63, 3.8) is 0 Å². The van der Waals surface area contributed by atoms with Crippen LogP contribution in [0, 0.1) is 17.2 Å². The van der Waals surface area contributed by atoms with Crippen molar-refractivity contribution >= 4 is 48.3 Å². The Hall–Kier alpha value is -3.03. The van der Waals surface area contributed by atoms with E-state index in [-0.39, 0.29) is 23.9 Å². The maximum Gasteiger partial charge on any atom is 0.268 e. The van der Waals surface area contributed by atoms with Gasteiger partial charge in [0.15, 0.2) is 0 Å². The van der Waals surface area contributed by atoms with Crippen molar-refractivity contribution in [3.8, 4) is 11.8 Å². The number of nitriles is 1. The number of hydrogen-bond donors (Lipinski definition) is 4. The van der Waals surface area contributed by atoms with E-state index in [4.69, 9.17) is 16.3 Å². The van der Waals surface area contributed by atoms with Gasteiger partial charge in [-0.1, -0.05) is 31.2 Å². The van der Waals surface area contributed by atoms with Crippen LogP contribution >= 0.6 is 11.6 Å². The quantitative estimate of drug-likeness (QED) is 0.379. The van der Waals surface area contributed by atoms with Crippen molar-refractivity contribution < 1.29 is 19.1 Å². The summed E-state index contributed by atoms with van der Waals surface area (Å²) in [5.41, 5.74) is 0.908. The highest BCUT2D eigenvalue weighted by atomic mass is 35.5. The minimum Gasteiger partial charge on any atom is -0.496 e. The van der Waals surface area contributed by atoms with Crippen LogP contribution in [0.15, 0.2) is 18.2 Å². The lowest BCUT2D eigenvalue weighted by molar-refractivity contribution is -0.128. The molecule has 9 nitrogen and oxygen atoms in total. The smallest absolute Gasteiger partial charge is 0.268 e. The Balaban J connectivity index is 1.76. The van der Waals surface area contributed by atoms with E-state index in [0.29, 0.717) is 40.7 Å². The number of amides is 3. The van der Waals surface area contributed by atoms with E-state index < -0.39 is 32.0 Å². The van der Waals surface area contributed by atoms with Crippen molar-refractivity contribution in [2.24, 2.45) is 5.92 Å². The van der Waals surface area contributed by atoms with Crippen LogP contribution in [0.1, 0.15) is 29.8 Å². The van der Waals surface area contributed by atoms with Crippen LogP contribution in [-0.4, -0.2) is 56.5 Å². The number of piperidine rings is 1. The third-order valence-electron chi connectivity index (χ3n) is 5.96. The predicted molar refractivity (Wildman–Crippen MR) is 137 cm³/mol. The monoisotopic (exact) mass is 517 g/mol. The second-order valence-corrected chi connectivity index (χ2v) is 16.1. The number of benzene rings is 1. The molecule has 0 saturated carbocycles. The number of halogens is 1. The highest BCUT2D eigenvalue weighted by molar-refractivity contribution is 6.76. The van der Waals surface area contributed by atoms with E-state index in [9.17, 15) is 19.6 Å². The summed E-state index contributed by atoms with van der Waals surface area (Å²) >= 11 is 6.13. The molecule has 0 bridgehead atoms. The van der Waals surface area contributed by atoms with E-state index in [2.05, 4.69) is 46.6 Å². The van der Waals surface area contributed by atoms with Crippen LogP contribution in [0.3, 0.4) is 0 Å². The van der Waals surface area contributed by atoms with E-state index >= 15 is 0 Å². The molecule has 188 valence electrons. The number of nitrogens with one attached hydrogen (secondary N) is 4. The third-order valence-corrected chi connectivity index (χ3v) is 7.81. The van der Waals surface area contributed by atoms with E-state index in [1.54, 1.807) is 18.2 Å². The number of nitrogens with zero attached hydrogens (tertiary/aromatic N) is 1. The lowest BCUT2D eigenvalue weighted by Crippen LogP contribution is -2.52. The zero-order valence-corrected chi connectivity index (χ0v) is 22.2. The van der Waals surface area contributed by atoms with Crippen molar-refractivity contribution in [3.05, 3.63) is 28.9 Å². The second-order valence-electron chi connectivity index (χ2n) is 10.1. The summed E-state index contributed by atoms with van der Waals surface area (Å²) < 4.78 is 5.36. The Morgan fingerprint density at radius 1 is 1.29 bits per heavy atom. The highest BCUT2D eigenvalue weighted by Crippen LogP contribution is 2.30. The summed E-state index contributed by atoms with van der Waals surface area (Å²) in [6, 6.07) is 5.96. The van der Waals surface area contributed by atoms with Gasteiger partial charge in [0.2, 0.25) is 11.8 Å². The largest absolute Gasteiger partial charge is 0.496 e. The number of fused-ring (bicyclic) bond motifs is 1. The van der Waals surface area contributed by atoms with Gasteiger partial charge in [-0.2, -0.15) is 5.26 Å². The number of carbonyl (C=O) groups is 3. The summed E-state index contributed by atoms with van der Waals surface area (Å²) in [5.74, 6) is -0.750. The summed E-state index contributed by atoms with van der Waals surface area (Å²) in [7, 11) is -0.267. The molecule has 2 unspecified atom stereocenters. The van der Waals surface area contributed by atoms with Crippen LogP contribution in [-0.2, 0) is 9.59 Å². The Kier molecular flexibility index (Phi) is 8.46. The fourth-order valence-corrected chi connectivity index (χ4v) is 6.00. The van der Waals surface area contributed by atoms with Crippen molar-refractivity contribution in [1.82, 2.24) is 20.9 Å². The number of hydrogen-bond acceptors (Lipinski definition) is 5. The van der Waals surface area contributed by atoms with Gasteiger partial charge < -0.3 is 25.7 Å². The average molecular weight is 518 g/mol. The minimum atomic E-state index is -1.79. The number of methoxy groups -OCH3 is 1. The van der Waals surface area contributed by atoms with Crippen LogP contribution in [0.5, 0.6) is 5.75 Å². The van der Waals surface area contributed by atoms with Crippen molar-refractivity contribution in [1.29, 1.82) is 5.26 Å². The zero-order valence-electron chi connectivity index (χ0n) is 20.5. The number of ether oxygens (including phenoxy) is 1. The molecule has 1 fully saturated rings. The van der Waals surface area contributed by atoms with Crippen LogP contribution in [0.4, 0.5) is 0 Å². The Morgan fingerprint density at radius 3 is 2.66 bits per heavy atom. The van der Waals surface area contributed by atoms with Gasteiger partial charge in [-0.25, -0.2) is 0 Å². The molecule has 0 radical (unpaired) electrons. The number of rotatable bonds is 9. The van der Waals surface area contributed by atoms with E-state index in [1.807, 2.05) is 0 Å². The van der Waals surface area contributed by atoms with Crippen molar-refractivity contribution in [2.45, 2.75) is 57.0 Å². The SMILES string of the molecule is COc1cc(Cl)cc2[nH]c(C(=O)NC(C[Si](C)(C)C)C(=O)NC(C#N)C[C@@H]3CCCNC3=O)cc12. The van der Waals surface area contributed by atoms with Gasteiger partial charge in [0.05, 0.1) is 18.7 Å². The maximum absolute atomic E-state index is 13.2. The average Bonchev–Trinajstić information content (AvgIpc) is 3.22. The fourth-order valence-electron chi connectivity index (χ4n) is 4.28. The lowest BCUT2D eigenvalue weighted by atomic mass is 9.92. The van der Waals surface area contributed by atoms with Crippen LogP contribution < -0.4 is 20.7 Å². The molecule has 11 heteroatoms. The van der Waals surface area contributed by atoms with Gasteiger partial charge in [0.25, 0.3) is 5.91 Å². The molecule has 3 rings (SSSR count). The first-order valence-corrected chi connectivity index (χ1v) is 15.7. The fraction of sp³-hybridized carbons (Fsp3) is 0.500. The summed E-state index contributed by atoms with van der Waals surface area (Å²) in [5, 5.41) is 19.2. The first-order valence-electron chi connectivity index (χ1n) is 11.7. The van der Waals surface area contributed by atoms with Gasteiger partial charge >= 0.3 is 0 Å². The predicted octanol–water partition coefficient (Wildman–Crippen LogP) is 3.19. The van der Waals surface area contributed by atoms with Gasteiger partial charge in [0.1, 0.15) is 23.5 Å². The van der Waals surface area contributed by atoms with Crippen LogP contribution in [0.2, 0.25) is 30.7 Å². The molecule has 2 aromatic rings. The molecule has 1 aliphatic heterocycles. The molecular formula is C24H32ClN5O4Si. The van der Waals surface area contributed by atoms with Crippen molar-refractivity contribution in [2.75, 3.05) is 13.7 Å². The number of aromatic nitrogens is 1. The normalized spacial score (nSPS) is 17.7. The molecule has 3 atom stereocenters. The second kappa shape index (κ2) is 11.1. The molecule has 4 N–H and O–H groups in total. The highest BCUT2D eigenvalue weighted by Gasteiger charge is 2.31. The number of aromatic amines is 1. The summed E-state index contributed by atoms with van der Waals surface area (Å²) in [6.45, 7) is 6.94. The first-order chi connectivity index (χ1) is 16.5. The first kappa shape index (κ1) is 26.6. The molecule has 0 aliphatic carbocycles. The number of carbonyl (C=O) groups excluding carboxylic acids is 3. The molecule has 3 amide bonds. The van der Waals surface area contributed by atoms with Gasteiger partial charge in [-0.15, -0.1) is 0 Å². The zero-order chi connectivity index (χ0) is 25.8. The standard InChI is InChI=1S/C24H32ClN5O4Si/c1-34-21-10-15(25)9-18-17(21)11-19(29-18)23(32)30-20(13-35(2,3)4)24(33)28-16(12-26)8-14-6-5-7-27-22(14)31/h9-11,14,16,20,29H,5-8,13H2,1-4H3,(H,27,31)(H,28,33)(H,30,32)/t14-,16?,20?/m0/s1. The molecule has 1 aliphatic rings. The van der Waals surface area contributed by atoms with Gasteiger partial charge in [0, 0.05) is 30.9 Å². The van der Waals surface area contributed by atoms with Crippen LogP contribution in [0.25, 0.3) is 10.9 Å². The van der Waals surface area contributed by atoms with Gasteiger partial charge in [-0.05, 0) is 43.5 Å². The summed E-state index contributed by atoms with van der Waals surface area (Å²) in [4.78, 5) is 41.4. The third kappa shape index (κ3) is 6.99. The molecule has 1 saturated heterocycles. The Labute approximate surface area is 210 Å². The topological polar surface area (TPSA) is 136 Å². The van der Waals surface area contributed by atoms with Gasteiger partial charge in [-0.3, -0.25) is 14.4 Å². The molecule has 0 spiro atoms. The molecule has 1 aromatic heterocycles. The maximum atomic E-state index is 13.2. The molecule has 1 aromatic carbocycles. The number of H-pyrrole nitrogens is 1. The Bertz CT molecular complexity index is 1150. The summed E-state index contributed by atoms with van der Waals surface area (Å²) in [6.07, 6.45) is 1.77. The molecular weight excluding hydrogens is 486 g/mol. The minimum absolute atomic E-state index is 0.0907. The Morgan fingerprint density at radius 2 is 2.03 bits per heavy atom. The lowest BCUT2D eigenvalue weighted by Gasteiger charge is -2.27. The van der Waals surface area contributed by atoms with E-state index in [1.165, 1.54) is 7.11 Å². The van der Waals surface area contributed by atoms with E-state index in [0.717, 1.165) is 6.42 Å². The molecule has 2 heterocycles.